The first-order valence-electron chi connectivity index (χ1n) is 10.5. The van der Waals surface area contributed by atoms with Crippen molar-refractivity contribution in [1.29, 1.82) is 0 Å². The number of nitrogens with one attached hydrogen (secondary N) is 2. The molecule has 0 aromatic heterocycles. The molecule has 1 amide bonds. The molecule has 0 aliphatic heterocycles. The Hall–Kier alpha value is -2.38. The maximum atomic E-state index is 12.7. The number of rotatable bonds is 12. The van der Waals surface area contributed by atoms with Gasteiger partial charge >= 0.3 is 0 Å². The molecule has 0 aliphatic carbocycles. The van der Waals surface area contributed by atoms with E-state index in [1.54, 1.807) is 24.3 Å². The van der Waals surface area contributed by atoms with E-state index in [9.17, 15) is 13.2 Å². The lowest BCUT2D eigenvalue weighted by atomic mass is 10.0. The molecular weight excluding hydrogens is 398 g/mol. The summed E-state index contributed by atoms with van der Waals surface area (Å²) in [6.07, 6.45) is 1.38. The molecule has 0 saturated heterocycles. The highest BCUT2D eigenvalue weighted by molar-refractivity contribution is 7.92. The molecule has 2 N–H and O–H groups in total. The fraction of sp³-hybridized carbons (Fsp3) is 0.435. The van der Waals surface area contributed by atoms with Crippen molar-refractivity contribution in [2.45, 2.75) is 39.7 Å². The second-order valence-electron chi connectivity index (χ2n) is 7.28. The highest BCUT2D eigenvalue weighted by atomic mass is 32.2. The number of amides is 1. The highest BCUT2D eigenvalue weighted by Crippen LogP contribution is 2.14. The van der Waals surface area contributed by atoms with Gasteiger partial charge in [0.1, 0.15) is 0 Å². The fourth-order valence-corrected chi connectivity index (χ4v) is 4.62. The molecule has 164 valence electrons. The third-order valence-electron chi connectivity index (χ3n) is 5.01. The average molecular weight is 432 g/mol. The number of benzene rings is 2. The fourth-order valence-electron chi connectivity index (χ4n) is 3.49. The summed E-state index contributed by atoms with van der Waals surface area (Å²) in [5.74, 6) is -0.161. The summed E-state index contributed by atoms with van der Waals surface area (Å²) in [5, 5.41) is 3.03. The minimum atomic E-state index is -3.39. The Bertz CT molecular complexity index is 897. The summed E-state index contributed by atoms with van der Waals surface area (Å²) in [5.41, 5.74) is 2.07. The predicted octanol–water partition coefficient (Wildman–Crippen LogP) is 3.52. The monoisotopic (exact) mass is 431 g/mol. The first kappa shape index (κ1) is 23.9. The average Bonchev–Trinajstić information content (AvgIpc) is 2.73. The van der Waals surface area contributed by atoms with Crippen LogP contribution in [0, 0.1) is 0 Å². The van der Waals surface area contributed by atoms with E-state index in [4.69, 9.17) is 0 Å². The van der Waals surface area contributed by atoms with Crippen LogP contribution in [0.15, 0.2) is 54.6 Å². The van der Waals surface area contributed by atoms with E-state index >= 15 is 0 Å². The van der Waals surface area contributed by atoms with Crippen molar-refractivity contribution in [3.8, 4) is 0 Å². The molecule has 0 saturated carbocycles. The second kappa shape index (κ2) is 11.7. The van der Waals surface area contributed by atoms with Gasteiger partial charge in [-0.2, -0.15) is 0 Å². The highest BCUT2D eigenvalue weighted by Gasteiger charge is 2.18. The quantitative estimate of drug-likeness (QED) is 0.539. The van der Waals surface area contributed by atoms with Gasteiger partial charge < -0.3 is 5.32 Å². The maximum absolute atomic E-state index is 12.7. The third-order valence-corrected chi connectivity index (χ3v) is 6.50. The van der Waals surface area contributed by atoms with Crippen molar-refractivity contribution in [1.82, 2.24) is 10.2 Å². The largest absolute Gasteiger partial charge is 0.350 e. The number of carbonyl (C=O) groups is 1. The van der Waals surface area contributed by atoms with Crippen LogP contribution in [0.1, 0.15) is 43.1 Å². The van der Waals surface area contributed by atoms with Crippen molar-refractivity contribution < 1.29 is 13.2 Å². The van der Waals surface area contributed by atoms with E-state index in [-0.39, 0.29) is 17.7 Å². The third kappa shape index (κ3) is 7.46. The van der Waals surface area contributed by atoms with Crippen LogP contribution < -0.4 is 10.0 Å². The Morgan fingerprint density at radius 2 is 1.70 bits per heavy atom. The first-order chi connectivity index (χ1) is 14.4. The summed E-state index contributed by atoms with van der Waals surface area (Å²) >= 11 is 0. The van der Waals surface area contributed by atoms with E-state index in [0.29, 0.717) is 24.2 Å². The Morgan fingerprint density at radius 3 is 2.33 bits per heavy atom. The van der Waals surface area contributed by atoms with Crippen molar-refractivity contribution in [3.05, 3.63) is 65.7 Å². The lowest BCUT2D eigenvalue weighted by molar-refractivity contribution is 0.0934. The van der Waals surface area contributed by atoms with Crippen LogP contribution in [0.3, 0.4) is 0 Å². The molecule has 6 nitrogen and oxygen atoms in total. The molecule has 0 radical (unpaired) electrons. The van der Waals surface area contributed by atoms with Crippen LogP contribution in [0.25, 0.3) is 0 Å². The van der Waals surface area contributed by atoms with Gasteiger partial charge in [0.2, 0.25) is 10.0 Å². The van der Waals surface area contributed by atoms with Crippen molar-refractivity contribution >= 4 is 21.6 Å². The molecule has 0 fully saturated rings. The molecule has 0 heterocycles. The maximum Gasteiger partial charge on any atom is 0.251 e. The zero-order valence-electron chi connectivity index (χ0n) is 18.1. The van der Waals surface area contributed by atoms with Crippen molar-refractivity contribution in [2.24, 2.45) is 0 Å². The van der Waals surface area contributed by atoms with E-state index in [1.807, 2.05) is 25.1 Å². The number of carbonyl (C=O) groups excluding carboxylic acids is 1. The van der Waals surface area contributed by atoms with Crippen LogP contribution in [0.4, 0.5) is 5.69 Å². The molecular formula is C23H33N3O3S. The minimum absolute atomic E-state index is 0.0501. The molecule has 2 rings (SSSR count). The zero-order chi connectivity index (χ0) is 22.0. The Morgan fingerprint density at radius 1 is 1.00 bits per heavy atom. The van der Waals surface area contributed by atoms with Crippen LogP contribution in [0.5, 0.6) is 0 Å². The van der Waals surface area contributed by atoms with E-state index in [0.717, 1.165) is 19.5 Å². The first-order valence-corrected chi connectivity index (χ1v) is 12.2. The van der Waals surface area contributed by atoms with Crippen molar-refractivity contribution in [3.63, 3.8) is 0 Å². The number of hydrogen-bond acceptors (Lipinski definition) is 4. The van der Waals surface area contributed by atoms with Crippen LogP contribution in [-0.2, 0) is 16.4 Å². The molecule has 0 aliphatic rings. The summed E-state index contributed by atoms with van der Waals surface area (Å²) in [7, 11) is -3.39. The summed E-state index contributed by atoms with van der Waals surface area (Å²) < 4.78 is 26.5. The summed E-state index contributed by atoms with van der Waals surface area (Å²) in [6, 6.07) is 17.0. The van der Waals surface area contributed by atoms with Gasteiger partial charge in [0.05, 0.1) is 5.75 Å². The topological polar surface area (TPSA) is 78.5 Å². The molecule has 0 bridgehead atoms. The van der Waals surface area contributed by atoms with E-state index in [1.165, 1.54) is 5.56 Å². The number of anilines is 1. The lowest BCUT2D eigenvalue weighted by Crippen LogP contribution is -2.45. The van der Waals surface area contributed by atoms with Crippen LogP contribution in [0.2, 0.25) is 0 Å². The standard InChI is InChI=1S/C23H33N3O3S/c1-4-15-30(28,29)25-21-14-10-13-20(17-21)23(27)24-18-22(26(5-2)6-3)16-19-11-8-7-9-12-19/h7-14,17,22,25H,4-6,15-16,18H2,1-3H3,(H,24,27). The van der Waals surface area contributed by atoms with Gasteiger partial charge in [0, 0.05) is 23.8 Å². The number of likely N-dealkylation sites (N-methyl/N-ethyl adjacent to an activating group) is 1. The number of hydrogen-bond donors (Lipinski definition) is 2. The normalized spacial score (nSPS) is 12.5. The molecule has 7 heteroatoms. The molecule has 2 aromatic carbocycles. The predicted molar refractivity (Wildman–Crippen MR) is 123 cm³/mol. The van der Waals surface area contributed by atoms with Gasteiger partial charge in [0.25, 0.3) is 5.91 Å². The van der Waals surface area contributed by atoms with Gasteiger partial charge in [0.15, 0.2) is 0 Å². The lowest BCUT2D eigenvalue weighted by Gasteiger charge is -2.30. The van der Waals surface area contributed by atoms with Gasteiger partial charge in [-0.15, -0.1) is 0 Å². The van der Waals surface area contributed by atoms with Gasteiger partial charge in [-0.05, 0) is 49.7 Å². The smallest absolute Gasteiger partial charge is 0.251 e. The molecule has 0 spiro atoms. The summed E-state index contributed by atoms with van der Waals surface area (Å²) in [6.45, 7) is 8.37. The zero-order valence-corrected chi connectivity index (χ0v) is 18.9. The minimum Gasteiger partial charge on any atom is -0.350 e. The van der Waals surface area contributed by atoms with Gasteiger partial charge in [-0.3, -0.25) is 14.4 Å². The SMILES string of the molecule is CCCS(=O)(=O)Nc1cccc(C(=O)NCC(Cc2ccccc2)N(CC)CC)c1. The Balaban J connectivity index is 2.06. The molecule has 30 heavy (non-hydrogen) atoms. The van der Waals surface area contributed by atoms with Gasteiger partial charge in [-0.1, -0.05) is 57.2 Å². The summed E-state index contributed by atoms with van der Waals surface area (Å²) in [4.78, 5) is 15.1. The Labute approximate surface area is 180 Å². The van der Waals surface area contributed by atoms with Crippen molar-refractivity contribution in [2.75, 3.05) is 30.1 Å². The van der Waals surface area contributed by atoms with E-state index in [2.05, 4.69) is 40.9 Å². The van der Waals surface area contributed by atoms with Crippen LogP contribution in [-0.4, -0.2) is 50.7 Å². The molecule has 1 atom stereocenters. The number of sulfonamides is 1. The van der Waals surface area contributed by atoms with Gasteiger partial charge in [-0.25, -0.2) is 8.42 Å². The Kier molecular flexibility index (Phi) is 9.33. The van der Waals surface area contributed by atoms with E-state index < -0.39 is 10.0 Å². The molecule has 2 aromatic rings. The molecule has 1 unspecified atom stereocenters. The van der Waals surface area contributed by atoms with Crippen LogP contribution >= 0.6 is 0 Å². The second-order valence-corrected chi connectivity index (χ2v) is 9.12. The number of nitrogens with zero attached hydrogens (tertiary/aromatic N) is 1.